The highest BCUT2D eigenvalue weighted by Gasteiger charge is 2.34. The van der Waals surface area contributed by atoms with Crippen molar-refractivity contribution in [3.63, 3.8) is 0 Å². The normalized spacial score (nSPS) is 16.6. The molecule has 0 amide bonds. The van der Waals surface area contributed by atoms with Crippen LogP contribution < -0.4 is 4.90 Å². The number of nitrogens with zero attached hydrogens (tertiary/aromatic N) is 1. The minimum Gasteiger partial charge on any atom is -0.372 e. The largest absolute Gasteiger partial charge is 0.417 e. The highest BCUT2D eigenvalue weighted by molar-refractivity contribution is 5.79. The predicted molar refractivity (Wildman–Crippen MR) is 67.5 cm³/mol. The lowest BCUT2D eigenvalue weighted by Crippen LogP contribution is -2.29. The molecule has 1 fully saturated rings. The number of hydrogen-bond donors (Lipinski definition) is 0. The third kappa shape index (κ3) is 2.91. The van der Waals surface area contributed by atoms with E-state index in [0.717, 1.165) is 31.7 Å². The number of halogens is 3. The van der Waals surface area contributed by atoms with E-state index in [2.05, 4.69) is 0 Å². The molecule has 0 heterocycles. The van der Waals surface area contributed by atoms with Gasteiger partial charge in [-0.2, -0.15) is 13.2 Å². The molecular formula is C14H16F3NO. The zero-order chi connectivity index (χ0) is 14.0. The van der Waals surface area contributed by atoms with Crippen LogP contribution in [0.25, 0.3) is 0 Å². The molecule has 5 heteroatoms. The lowest BCUT2D eigenvalue weighted by Gasteiger charge is -2.27. The zero-order valence-corrected chi connectivity index (χ0v) is 10.7. The fraction of sp³-hybridized carbons (Fsp3) is 0.500. The van der Waals surface area contributed by atoms with Crippen molar-refractivity contribution in [1.29, 1.82) is 0 Å². The number of hydrogen-bond acceptors (Lipinski definition) is 2. The number of rotatable bonds is 3. The lowest BCUT2D eigenvalue weighted by atomic mass is 10.1. The third-order valence-corrected chi connectivity index (χ3v) is 3.75. The van der Waals surface area contributed by atoms with Crippen molar-refractivity contribution in [2.45, 2.75) is 37.9 Å². The van der Waals surface area contributed by atoms with Gasteiger partial charge in [-0.15, -0.1) is 0 Å². The van der Waals surface area contributed by atoms with Crippen molar-refractivity contribution < 1.29 is 18.0 Å². The molecule has 1 aliphatic rings. The lowest BCUT2D eigenvalue weighted by molar-refractivity contribution is -0.137. The van der Waals surface area contributed by atoms with Crippen LogP contribution in [0.1, 0.15) is 41.6 Å². The summed E-state index contributed by atoms with van der Waals surface area (Å²) in [5, 5.41) is 0. The van der Waals surface area contributed by atoms with Gasteiger partial charge in [0, 0.05) is 24.3 Å². The Morgan fingerprint density at radius 3 is 2.42 bits per heavy atom. The standard InChI is InChI=1S/C14H16F3NO/c1-18(11-4-2-3-5-11)12-7-6-10(9-19)13(8-12)14(15,16)17/h6-9,11H,2-5H2,1H3. The Kier molecular flexibility index (Phi) is 3.83. The van der Waals surface area contributed by atoms with E-state index in [4.69, 9.17) is 0 Å². The summed E-state index contributed by atoms with van der Waals surface area (Å²) < 4.78 is 38.6. The Balaban J connectivity index is 2.34. The Morgan fingerprint density at radius 2 is 1.89 bits per heavy atom. The molecule has 104 valence electrons. The molecule has 2 rings (SSSR count). The van der Waals surface area contributed by atoms with Gasteiger partial charge < -0.3 is 4.90 Å². The van der Waals surface area contributed by atoms with Crippen molar-refractivity contribution in [3.05, 3.63) is 29.3 Å². The molecule has 1 aromatic carbocycles. The summed E-state index contributed by atoms with van der Waals surface area (Å²) >= 11 is 0. The fourth-order valence-electron chi connectivity index (χ4n) is 2.61. The molecule has 2 nitrogen and oxygen atoms in total. The van der Waals surface area contributed by atoms with Crippen molar-refractivity contribution in [3.8, 4) is 0 Å². The van der Waals surface area contributed by atoms with Gasteiger partial charge in [0.15, 0.2) is 6.29 Å². The zero-order valence-electron chi connectivity index (χ0n) is 10.7. The fourth-order valence-corrected chi connectivity index (χ4v) is 2.61. The van der Waals surface area contributed by atoms with Crippen LogP contribution in [0.15, 0.2) is 18.2 Å². The molecule has 1 aromatic rings. The summed E-state index contributed by atoms with van der Waals surface area (Å²) in [7, 11) is 1.81. The molecule has 19 heavy (non-hydrogen) atoms. The number of carbonyl (C=O) groups excluding carboxylic acids is 1. The minimum atomic E-state index is -4.50. The van der Waals surface area contributed by atoms with E-state index in [1.807, 2.05) is 11.9 Å². The quantitative estimate of drug-likeness (QED) is 0.777. The monoisotopic (exact) mass is 271 g/mol. The second kappa shape index (κ2) is 5.23. The van der Waals surface area contributed by atoms with Gasteiger partial charge in [0.25, 0.3) is 0 Å². The summed E-state index contributed by atoms with van der Waals surface area (Å²) in [4.78, 5) is 12.6. The first-order chi connectivity index (χ1) is 8.93. The van der Waals surface area contributed by atoms with Crippen molar-refractivity contribution >= 4 is 12.0 Å². The Bertz CT molecular complexity index is 464. The second-order valence-electron chi connectivity index (χ2n) is 4.94. The van der Waals surface area contributed by atoms with E-state index in [1.165, 1.54) is 6.07 Å². The number of benzene rings is 1. The molecule has 0 spiro atoms. The van der Waals surface area contributed by atoms with E-state index in [-0.39, 0.29) is 11.8 Å². The summed E-state index contributed by atoms with van der Waals surface area (Å²) in [5.41, 5.74) is -0.647. The number of aldehydes is 1. The van der Waals surface area contributed by atoms with E-state index in [1.54, 1.807) is 6.07 Å². The maximum absolute atomic E-state index is 12.9. The minimum absolute atomic E-state index is 0.252. The summed E-state index contributed by atoms with van der Waals surface area (Å²) in [5.74, 6) is 0. The Hall–Kier alpha value is -1.52. The van der Waals surface area contributed by atoms with Crippen molar-refractivity contribution in [1.82, 2.24) is 0 Å². The van der Waals surface area contributed by atoms with Crippen molar-refractivity contribution in [2.24, 2.45) is 0 Å². The van der Waals surface area contributed by atoms with E-state index in [0.29, 0.717) is 11.7 Å². The highest BCUT2D eigenvalue weighted by Crippen LogP contribution is 2.35. The van der Waals surface area contributed by atoms with E-state index >= 15 is 0 Å². The topological polar surface area (TPSA) is 20.3 Å². The van der Waals surface area contributed by atoms with Crippen LogP contribution in [0.4, 0.5) is 18.9 Å². The van der Waals surface area contributed by atoms with Crippen LogP contribution in [0.3, 0.4) is 0 Å². The highest BCUT2D eigenvalue weighted by atomic mass is 19.4. The molecule has 0 aliphatic heterocycles. The predicted octanol–water partition coefficient (Wildman–Crippen LogP) is 3.90. The molecule has 0 atom stereocenters. The van der Waals surface area contributed by atoms with Gasteiger partial charge >= 0.3 is 6.18 Å². The van der Waals surface area contributed by atoms with Crippen LogP contribution >= 0.6 is 0 Å². The average Bonchev–Trinajstić information content (AvgIpc) is 2.90. The summed E-state index contributed by atoms with van der Waals surface area (Å²) in [6, 6.07) is 4.19. The Labute approximate surface area is 110 Å². The maximum atomic E-state index is 12.9. The van der Waals surface area contributed by atoms with Crippen LogP contribution in [0, 0.1) is 0 Å². The van der Waals surface area contributed by atoms with Gasteiger partial charge in [-0.05, 0) is 31.0 Å². The molecule has 0 aromatic heterocycles. The van der Waals surface area contributed by atoms with Gasteiger partial charge in [-0.25, -0.2) is 0 Å². The van der Waals surface area contributed by atoms with Gasteiger partial charge in [-0.1, -0.05) is 12.8 Å². The van der Waals surface area contributed by atoms with E-state index in [9.17, 15) is 18.0 Å². The first kappa shape index (κ1) is 13.9. The molecular weight excluding hydrogens is 255 g/mol. The molecule has 0 unspecified atom stereocenters. The molecule has 0 radical (unpaired) electrons. The molecule has 0 N–H and O–H groups in total. The van der Waals surface area contributed by atoms with Crippen LogP contribution in [0.2, 0.25) is 0 Å². The molecule has 1 aliphatic carbocycles. The van der Waals surface area contributed by atoms with E-state index < -0.39 is 11.7 Å². The average molecular weight is 271 g/mol. The number of alkyl halides is 3. The van der Waals surface area contributed by atoms with Crippen LogP contribution in [-0.4, -0.2) is 19.4 Å². The van der Waals surface area contributed by atoms with Gasteiger partial charge in [0.2, 0.25) is 0 Å². The second-order valence-corrected chi connectivity index (χ2v) is 4.94. The SMILES string of the molecule is CN(c1ccc(C=O)c(C(F)(F)F)c1)C1CCCC1. The van der Waals surface area contributed by atoms with Gasteiger partial charge in [0.1, 0.15) is 0 Å². The molecule has 1 saturated carbocycles. The van der Waals surface area contributed by atoms with Crippen LogP contribution in [0.5, 0.6) is 0 Å². The van der Waals surface area contributed by atoms with Crippen molar-refractivity contribution in [2.75, 3.05) is 11.9 Å². The summed E-state index contributed by atoms with van der Waals surface area (Å²) in [6.45, 7) is 0. The Morgan fingerprint density at radius 1 is 1.26 bits per heavy atom. The first-order valence-corrected chi connectivity index (χ1v) is 6.32. The van der Waals surface area contributed by atoms with Gasteiger partial charge in [0.05, 0.1) is 5.56 Å². The van der Waals surface area contributed by atoms with Gasteiger partial charge in [-0.3, -0.25) is 4.79 Å². The third-order valence-electron chi connectivity index (χ3n) is 3.75. The molecule has 0 bridgehead atoms. The first-order valence-electron chi connectivity index (χ1n) is 6.32. The summed E-state index contributed by atoms with van der Waals surface area (Å²) in [6.07, 6.45) is 0.00657. The maximum Gasteiger partial charge on any atom is 0.417 e. The number of carbonyl (C=O) groups is 1. The molecule has 0 saturated heterocycles. The smallest absolute Gasteiger partial charge is 0.372 e. The number of anilines is 1. The van der Waals surface area contributed by atoms with Crippen LogP contribution in [-0.2, 0) is 6.18 Å².